The van der Waals surface area contributed by atoms with E-state index in [1.165, 1.54) is 34.8 Å². The number of para-hydroxylation sites is 1. The van der Waals surface area contributed by atoms with Crippen LogP contribution in [0.2, 0.25) is 0 Å². The molecule has 1 fully saturated rings. The Balaban J connectivity index is 1.85. The molecule has 3 aliphatic rings. The standard InChI is InChI=1S/C21H22N2O2/c1-3-13-11-22-9-8-15-14-6-4-5-7-18(14)23-12-17(21(24)25-2)16(13)10-19(22)20(15)23/h3-7,12,16,19H,8-11H2,1-2H3. The van der Waals surface area contributed by atoms with Gasteiger partial charge in [0.15, 0.2) is 0 Å². The second kappa shape index (κ2) is 5.33. The predicted molar refractivity (Wildman–Crippen MR) is 98.1 cm³/mol. The molecular formula is C21H22N2O2. The number of aromatic nitrogens is 1. The molecule has 2 unspecified atom stereocenters. The molecule has 4 nitrogen and oxygen atoms in total. The number of carbonyl (C=O) groups is 1. The maximum atomic E-state index is 12.6. The summed E-state index contributed by atoms with van der Waals surface area (Å²) in [5.74, 6) is -0.0497. The third-order valence-electron chi connectivity index (χ3n) is 6.19. The number of piperidine rings is 1. The first kappa shape index (κ1) is 15.0. The summed E-state index contributed by atoms with van der Waals surface area (Å²) in [6.07, 6.45) is 6.27. The van der Waals surface area contributed by atoms with Crippen LogP contribution >= 0.6 is 0 Å². The number of hydrogen-bond donors (Lipinski definition) is 0. The van der Waals surface area contributed by atoms with Crippen LogP contribution in [0, 0.1) is 5.92 Å². The van der Waals surface area contributed by atoms with Crippen molar-refractivity contribution < 1.29 is 9.53 Å². The highest BCUT2D eigenvalue weighted by Crippen LogP contribution is 2.48. The molecule has 2 aromatic rings. The molecule has 4 heterocycles. The van der Waals surface area contributed by atoms with E-state index in [2.05, 4.69) is 52.9 Å². The first-order chi connectivity index (χ1) is 12.2. The number of hydrogen-bond acceptors (Lipinski definition) is 3. The van der Waals surface area contributed by atoms with Crippen molar-refractivity contribution in [3.05, 3.63) is 52.7 Å². The highest BCUT2D eigenvalue weighted by atomic mass is 16.5. The van der Waals surface area contributed by atoms with Gasteiger partial charge >= 0.3 is 5.97 Å². The van der Waals surface area contributed by atoms with Gasteiger partial charge in [0.05, 0.1) is 24.2 Å². The number of nitrogens with zero attached hydrogens (tertiary/aromatic N) is 2. The van der Waals surface area contributed by atoms with Crippen molar-refractivity contribution in [2.75, 3.05) is 20.2 Å². The fraction of sp³-hybridized carbons (Fsp3) is 0.381. The third kappa shape index (κ3) is 1.94. The van der Waals surface area contributed by atoms with E-state index in [0.717, 1.165) is 31.5 Å². The average Bonchev–Trinajstić information content (AvgIpc) is 2.88. The maximum absolute atomic E-state index is 12.6. The molecule has 3 aliphatic heterocycles. The van der Waals surface area contributed by atoms with Gasteiger partial charge in [-0.05, 0) is 31.4 Å². The first-order valence-electron chi connectivity index (χ1n) is 9.03. The van der Waals surface area contributed by atoms with Crippen molar-refractivity contribution in [1.29, 1.82) is 0 Å². The van der Waals surface area contributed by atoms with Crippen molar-refractivity contribution in [2.45, 2.75) is 25.8 Å². The molecule has 128 valence electrons. The molecule has 0 saturated carbocycles. The van der Waals surface area contributed by atoms with Crippen LogP contribution in [0.5, 0.6) is 0 Å². The molecule has 5 rings (SSSR count). The van der Waals surface area contributed by atoms with E-state index in [9.17, 15) is 4.79 Å². The normalized spacial score (nSPS) is 26.5. The Morgan fingerprint density at radius 1 is 1.32 bits per heavy atom. The second-order valence-corrected chi connectivity index (χ2v) is 7.22. The zero-order chi connectivity index (χ0) is 17.1. The van der Waals surface area contributed by atoms with Gasteiger partial charge in [0.2, 0.25) is 0 Å². The van der Waals surface area contributed by atoms with Gasteiger partial charge in [-0.3, -0.25) is 4.90 Å². The minimum Gasteiger partial charge on any atom is -0.466 e. The average molecular weight is 334 g/mol. The van der Waals surface area contributed by atoms with E-state index in [0.29, 0.717) is 6.04 Å². The molecule has 1 saturated heterocycles. The number of carbonyl (C=O) groups excluding carboxylic acids is 1. The molecule has 0 N–H and O–H groups in total. The van der Waals surface area contributed by atoms with Gasteiger partial charge in [0.25, 0.3) is 0 Å². The highest BCUT2D eigenvalue weighted by molar-refractivity contribution is 5.96. The van der Waals surface area contributed by atoms with Gasteiger partial charge < -0.3 is 9.30 Å². The maximum Gasteiger partial charge on any atom is 0.335 e. The molecule has 0 amide bonds. The number of esters is 1. The van der Waals surface area contributed by atoms with Crippen LogP contribution in [-0.4, -0.2) is 35.6 Å². The van der Waals surface area contributed by atoms with Crippen LogP contribution < -0.4 is 0 Å². The second-order valence-electron chi connectivity index (χ2n) is 7.22. The molecule has 0 aliphatic carbocycles. The summed E-state index contributed by atoms with van der Waals surface area (Å²) in [4.78, 5) is 15.2. The lowest BCUT2D eigenvalue weighted by Gasteiger charge is -2.43. The van der Waals surface area contributed by atoms with E-state index in [1.54, 1.807) is 0 Å². The quantitative estimate of drug-likeness (QED) is 0.591. The van der Waals surface area contributed by atoms with Crippen LogP contribution in [0.4, 0.5) is 0 Å². The number of methoxy groups -OCH3 is 1. The zero-order valence-electron chi connectivity index (χ0n) is 14.7. The number of benzene rings is 1. The molecular weight excluding hydrogens is 312 g/mol. The fourth-order valence-corrected chi connectivity index (χ4v) is 5.03. The zero-order valence-corrected chi connectivity index (χ0v) is 14.7. The molecule has 25 heavy (non-hydrogen) atoms. The number of fused-ring (bicyclic) bond motifs is 4. The number of ether oxygens (including phenoxy) is 1. The largest absolute Gasteiger partial charge is 0.466 e. The summed E-state index contributed by atoms with van der Waals surface area (Å²) < 4.78 is 7.41. The molecule has 1 aromatic carbocycles. The van der Waals surface area contributed by atoms with Crippen molar-refractivity contribution >= 4 is 23.1 Å². The van der Waals surface area contributed by atoms with Crippen LogP contribution in [0.15, 0.2) is 41.5 Å². The van der Waals surface area contributed by atoms with Crippen LogP contribution in [0.25, 0.3) is 17.1 Å². The van der Waals surface area contributed by atoms with Crippen molar-refractivity contribution in [1.82, 2.24) is 9.47 Å². The van der Waals surface area contributed by atoms with E-state index in [1.807, 2.05) is 0 Å². The smallest absolute Gasteiger partial charge is 0.335 e. The summed E-state index contributed by atoms with van der Waals surface area (Å²) in [7, 11) is 1.48. The molecule has 1 aromatic heterocycles. The summed E-state index contributed by atoms with van der Waals surface area (Å²) >= 11 is 0. The molecule has 0 radical (unpaired) electrons. The summed E-state index contributed by atoms with van der Waals surface area (Å²) in [5.41, 5.74) is 6.17. The van der Waals surface area contributed by atoms with Crippen molar-refractivity contribution in [3.63, 3.8) is 0 Å². The molecule has 2 bridgehead atoms. The van der Waals surface area contributed by atoms with Crippen LogP contribution in [-0.2, 0) is 16.0 Å². The van der Waals surface area contributed by atoms with Gasteiger partial charge in [-0.1, -0.05) is 29.8 Å². The van der Waals surface area contributed by atoms with Gasteiger partial charge in [-0.15, -0.1) is 0 Å². The summed E-state index contributed by atoms with van der Waals surface area (Å²) in [5, 5.41) is 1.33. The topological polar surface area (TPSA) is 34.5 Å². The SMILES string of the molecule is CC=C1CN2CCc3c4n(c5ccccc35)C=C(C(=O)OC)C1CC42. The Bertz CT molecular complexity index is 950. The Morgan fingerprint density at radius 3 is 2.96 bits per heavy atom. The Labute approximate surface area is 147 Å². The lowest BCUT2D eigenvalue weighted by Crippen LogP contribution is -2.43. The minimum atomic E-state index is -0.206. The summed E-state index contributed by atoms with van der Waals surface area (Å²) in [6, 6.07) is 8.94. The van der Waals surface area contributed by atoms with Crippen LogP contribution in [0.3, 0.4) is 0 Å². The Morgan fingerprint density at radius 2 is 2.16 bits per heavy atom. The van der Waals surface area contributed by atoms with E-state index in [4.69, 9.17) is 4.74 Å². The van der Waals surface area contributed by atoms with Crippen molar-refractivity contribution in [2.24, 2.45) is 5.92 Å². The Kier molecular flexibility index (Phi) is 3.19. The lowest BCUT2D eigenvalue weighted by molar-refractivity contribution is -0.136. The lowest BCUT2D eigenvalue weighted by atomic mass is 9.79. The first-order valence-corrected chi connectivity index (χ1v) is 9.03. The highest BCUT2D eigenvalue weighted by Gasteiger charge is 2.43. The van der Waals surface area contributed by atoms with Gasteiger partial charge in [-0.25, -0.2) is 4.79 Å². The minimum absolute atomic E-state index is 0.156. The van der Waals surface area contributed by atoms with E-state index in [-0.39, 0.29) is 11.9 Å². The molecule has 2 atom stereocenters. The van der Waals surface area contributed by atoms with E-state index < -0.39 is 0 Å². The van der Waals surface area contributed by atoms with Gasteiger partial charge in [0.1, 0.15) is 0 Å². The molecule has 4 heteroatoms. The Hall–Kier alpha value is -2.33. The molecule has 0 spiro atoms. The number of allylic oxidation sites excluding steroid dienone is 1. The summed E-state index contributed by atoms with van der Waals surface area (Å²) in [6.45, 7) is 4.12. The van der Waals surface area contributed by atoms with E-state index >= 15 is 0 Å². The predicted octanol–water partition coefficient (Wildman–Crippen LogP) is 3.53. The van der Waals surface area contributed by atoms with Gasteiger partial charge in [-0.2, -0.15) is 0 Å². The fourth-order valence-electron chi connectivity index (χ4n) is 5.03. The van der Waals surface area contributed by atoms with Crippen LogP contribution in [0.1, 0.15) is 30.6 Å². The van der Waals surface area contributed by atoms with Crippen molar-refractivity contribution in [3.8, 4) is 0 Å². The third-order valence-corrected chi connectivity index (χ3v) is 6.19. The van der Waals surface area contributed by atoms with Gasteiger partial charge in [0, 0.05) is 36.3 Å². The number of rotatable bonds is 1. The monoisotopic (exact) mass is 334 g/mol.